The smallest absolute Gasteiger partial charge is 0.294 e. The van der Waals surface area contributed by atoms with E-state index in [4.69, 9.17) is 18.6 Å². The third kappa shape index (κ3) is 4.68. The Bertz CT molecular complexity index is 1090. The molecule has 2 aliphatic heterocycles. The summed E-state index contributed by atoms with van der Waals surface area (Å²) in [4.78, 5) is 17.6. The molecule has 0 aliphatic carbocycles. The van der Waals surface area contributed by atoms with Crippen LogP contribution in [0, 0.1) is 0 Å². The minimum atomic E-state index is -0.126. The molecule has 7 heteroatoms. The normalized spacial score (nSPS) is 16.4. The molecule has 7 nitrogen and oxygen atoms in total. The van der Waals surface area contributed by atoms with E-state index in [1.807, 2.05) is 35.2 Å². The fraction of sp³-hybridized carbons (Fsp3) is 0.346. The van der Waals surface area contributed by atoms with E-state index >= 15 is 0 Å². The highest BCUT2D eigenvalue weighted by atomic mass is 16.6. The van der Waals surface area contributed by atoms with Crippen LogP contribution in [-0.4, -0.2) is 50.3 Å². The van der Waals surface area contributed by atoms with Gasteiger partial charge in [-0.25, -0.2) is 0 Å². The van der Waals surface area contributed by atoms with Gasteiger partial charge in [0.05, 0.1) is 13.4 Å². The number of carbonyl (C=O) groups excluding carboxylic acids is 1. The van der Waals surface area contributed by atoms with Gasteiger partial charge in [0.2, 0.25) is 0 Å². The maximum Gasteiger partial charge on any atom is 0.294 e. The van der Waals surface area contributed by atoms with Crippen molar-refractivity contribution < 1.29 is 23.4 Å². The summed E-state index contributed by atoms with van der Waals surface area (Å²) in [5.74, 6) is 2.58. The summed E-state index contributed by atoms with van der Waals surface area (Å²) in [7, 11) is 1.63. The molecule has 1 amide bonds. The number of carbonyl (C=O) groups is 1. The third-order valence-corrected chi connectivity index (χ3v) is 6.22. The molecule has 0 N–H and O–H groups in total. The number of fused-ring (bicyclic) bond motifs is 1. The Morgan fingerprint density at radius 1 is 1.03 bits per heavy atom. The van der Waals surface area contributed by atoms with Crippen LogP contribution in [0.15, 0.2) is 65.3 Å². The standard InChI is InChI=1S/C26H28N2O5/c1-30-22-5-2-4-21(17-22)28(26(29)24-6-3-13-31-24)20-9-11-27(12-10-20)18-19-7-8-23-25(16-19)33-15-14-32-23/h2-8,13,16-17,20H,9-12,14-15,18H2,1H3. The lowest BCUT2D eigenvalue weighted by Crippen LogP contribution is -2.47. The summed E-state index contributed by atoms with van der Waals surface area (Å²) in [5, 5.41) is 0. The molecule has 1 aromatic heterocycles. The summed E-state index contributed by atoms with van der Waals surface area (Å²) < 4.78 is 22.2. The van der Waals surface area contributed by atoms with Crippen molar-refractivity contribution in [2.24, 2.45) is 0 Å². The Hall–Kier alpha value is -3.45. The van der Waals surface area contributed by atoms with Crippen LogP contribution in [0.2, 0.25) is 0 Å². The average molecular weight is 449 g/mol. The van der Waals surface area contributed by atoms with Gasteiger partial charge < -0.3 is 23.5 Å². The van der Waals surface area contributed by atoms with Crippen LogP contribution in [0.25, 0.3) is 0 Å². The van der Waals surface area contributed by atoms with E-state index < -0.39 is 0 Å². The number of benzene rings is 2. The molecule has 1 saturated heterocycles. The molecule has 0 bridgehead atoms. The molecule has 1 fully saturated rings. The number of likely N-dealkylation sites (tertiary alicyclic amines) is 1. The molecule has 0 radical (unpaired) electrons. The van der Waals surface area contributed by atoms with Gasteiger partial charge in [-0.2, -0.15) is 0 Å². The van der Waals surface area contributed by atoms with Crippen molar-refractivity contribution in [1.29, 1.82) is 0 Å². The van der Waals surface area contributed by atoms with E-state index in [9.17, 15) is 4.79 Å². The van der Waals surface area contributed by atoms with Crippen molar-refractivity contribution in [2.45, 2.75) is 25.4 Å². The van der Waals surface area contributed by atoms with Crippen LogP contribution in [0.5, 0.6) is 17.2 Å². The van der Waals surface area contributed by atoms with Gasteiger partial charge in [0.15, 0.2) is 17.3 Å². The van der Waals surface area contributed by atoms with Crippen LogP contribution >= 0.6 is 0 Å². The van der Waals surface area contributed by atoms with E-state index in [2.05, 4.69) is 17.0 Å². The van der Waals surface area contributed by atoms with E-state index in [0.717, 1.165) is 55.4 Å². The summed E-state index contributed by atoms with van der Waals surface area (Å²) in [6.07, 6.45) is 3.27. The van der Waals surface area contributed by atoms with E-state index in [0.29, 0.717) is 19.0 Å². The average Bonchev–Trinajstić information content (AvgIpc) is 3.40. The highest BCUT2D eigenvalue weighted by Crippen LogP contribution is 2.32. The van der Waals surface area contributed by atoms with Crippen molar-refractivity contribution in [3.05, 3.63) is 72.2 Å². The Kier molecular flexibility index (Phi) is 6.21. The van der Waals surface area contributed by atoms with Crippen molar-refractivity contribution in [3.63, 3.8) is 0 Å². The van der Waals surface area contributed by atoms with Gasteiger partial charge in [0.1, 0.15) is 19.0 Å². The first-order chi connectivity index (χ1) is 16.2. The largest absolute Gasteiger partial charge is 0.497 e. The van der Waals surface area contributed by atoms with Crippen molar-refractivity contribution in [1.82, 2.24) is 4.90 Å². The lowest BCUT2D eigenvalue weighted by molar-refractivity contribution is 0.0931. The number of hydrogen-bond donors (Lipinski definition) is 0. The first kappa shape index (κ1) is 21.4. The van der Waals surface area contributed by atoms with Gasteiger partial charge in [0, 0.05) is 37.4 Å². The van der Waals surface area contributed by atoms with Crippen LogP contribution < -0.4 is 19.1 Å². The van der Waals surface area contributed by atoms with Crippen LogP contribution in [0.4, 0.5) is 5.69 Å². The van der Waals surface area contributed by atoms with Crippen LogP contribution in [-0.2, 0) is 6.54 Å². The first-order valence-corrected chi connectivity index (χ1v) is 11.3. The van der Waals surface area contributed by atoms with Crippen LogP contribution in [0.3, 0.4) is 0 Å². The second-order valence-corrected chi connectivity index (χ2v) is 8.34. The quantitative estimate of drug-likeness (QED) is 0.558. The van der Waals surface area contributed by atoms with Crippen molar-refractivity contribution in [3.8, 4) is 17.2 Å². The molecule has 3 aromatic rings. The molecule has 172 valence electrons. The molecule has 2 aromatic carbocycles. The molecule has 33 heavy (non-hydrogen) atoms. The number of piperidine rings is 1. The minimum absolute atomic E-state index is 0.0752. The lowest BCUT2D eigenvalue weighted by Gasteiger charge is -2.38. The molecule has 2 aliphatic rings. The lowest BCUT2D eigenvalue weighted by atomic mass is 10.0. The van der Waals surface area contributed by atoms with Gasteiger partial charge >= 0.3 is 0 Å². The number of methoxy groups -OCH3 is 1. The van der Waals surface area contributed by atoms with Gasteiger partial charge in [-0.3, -0.25) is 9.69 Å². The SMILES string of the molecule is COc1cccc(N(C(=O)c2ccco2)C2CCN(Cc3ccc4c(c3)OCCO4)CC2)c1. The topological polar surface area (TPSA) is 64.4 Å². The van der Waals surface area contributed by atoms with Gasteiger partial charge in [-0.1, -0.05) is 12.1 Å². The number of rotatable bonds is 6. The Morgan fingerprint density at radius 2 is 1.85 bits per heavy atom. The monoisotopic (exact) mass is 448 g/mol. The molecular formula is C26H28N2O5. The maximum absolute atomic E-state index is 13.4. The number of furan rings is 1. The van der Waals surface area contributed by atoms with E-state index in [1.165, 1.54) is 11.8 Å². The molecule has 3 heterocycles. The van der Waals surface area contributed by atoms with Crippen molar-refractivity contribution in [2.75, 3.05) is 38.3 Å². The predicted octanol–water partition coefficient (Wildman–Crippen LogP) is 4.37. The van der Waals surface area contributed by atoms with Gasteiger partial charge in [-0.15, -0.1) is 0 Å². The van der Waals surface area contributed by atoms with E-state index in [1.54, 1.807) is 19.2 Å². The molecule has 0 saturated carbocycles. The highest BCUT2D eigenvalue weighted by molar-refractivity contribution is 6.04. The fourth-order valence-corrected chi connectivity index (χ4v) is 4.55. The zero-order chi connectivity index (χ0) is 22.6. The fourth-order valence-electron chi connectivity index (χ4n) is 4.55. The number of ether oxygens (including phenoxy) is 3. The van der Waals surface area contributed by atoms with E-state index in [-0.39, 0.29) is 11.9 Å². The summed E-state index contributed by atoms with van der Waals surface area (Å²) in [6.45, 7) is 3.82. The third-order valence-electron chi connectivity index (χ3n) is 6.22. The minimum Gasteiger partial charge on any atom is -0.497 e. The Balaban J connectivity index is 1.29. The predicted molar refractivity (Wildman–Crippen MR) is 124 cm³/mol. The van der Waals surface area contributed by atoms with Crippen LogP contribution in [0.1, 0.15) is 29.0 Å². The number of anilines is 1. The molecule has 0 atom stereocenters. The van der Waals surface area contributed by atoms with Crippen molar-refractivity contribution >= 4 is 11.6 Å². The Labute approximate surface area is 193 Å². The number of hydrogen-bond acceptors (Lipinski definition) is 6. The Morgan fingerprint density at radius 3 is 2.61 bits per heavy atom. The molecule has 0 spiro atoms. The zero-order valence-electron chi connectivity index (χ0n) is 18.7. The maximum atomic E-state index is 13.4. The zero-order valence-corrected chi connectivity index (χ0v) is 18.7. The first-order valence-electron chi connectivity index (χ1n) is 11.3. The van der Waals surface area contributed by atoms with Gasteiger partial charge in [-0.05, 0) is 54.8 Å². The van der Waals surface area contributed by atoms with Gasteiger partial charge in [0.25, 0.3) is 5.91 Å². The summed E-state index contributed by atoms with van der Waals surface area (Å²) in [6, 6.07) is 17.3. The number of nitrogens with zero attached hydrogens (tertiary/aromatic N) is 2. The number of amides is 1. The molecular weight excluding hydrogens is 420 g/mol. The summed E-state index contributed by atoms with van der Waals surface area (Å²) >= 11 is 0. The molecule has 0 unspecified atom stereocenters. The summed E-state index contributed by atoms with van der Waals surface area (Å²) in [5.41, 5.74) is 2.02. The second-order valence-electron chi connectivity index (χ2n) is 8.34. The highest BCUT2D eigenvalue weighted by Gasteiger charge is 2.31. The molecule has 5 rings (SSSR count). The second kappa shape index (κ2) is 9.58.